The summed E-state index contributed by atoms with van der Waals surface area (Å²) in [4.78, 5) is 27.7. The van der Waals surface area contributed by atoms with E-state index in [-0.39, 0.29) is 12.5 Å². The third-order valence-electron chi connectivity index (χ3n) is 5.11. The Bertz CT molecular complexity index is 1090. The van der Waals surface area contributed by atoms with E-state index in [0.717, 1.165) is 26.2 Å². The van der Waals surface area contributed by atoms with Crippen LogP contribution in [-0.4, -0.2) is 50.5 Å². The number of carbonyl (C=O) groups is 2. The molecule has 2 aromatic rings. The maximum Gasteiger partial charge on any atom is 0.244 e. The van der Waals surface area contributed by atoms with Crippen molar-refractivity contribution in [3.05, 3.63) is 63.1 Å². The molecule has 0 heterocycles. The lowest BCUT2D eigenvalue weighted by Crippen LogP contribution is -2.52. The standard InChI is InChI=1S/C23H29BrClN3O4S/c1-5-21(23(30)26-6-2)27(14-17-7-9-18(25)10-8-17)22(29)15-28(33(4,31)32)19-11-12-20(24)16(3)13-19/h7-13,21H,5-6,14-15H2,1-4H3,(H,26,30)/t21-/m1/s1. The summed E-state index contributed by atoms with van der Waals surface area (Å²) < 4.78 is 27.1. The summed E-state index contributed by atoms with van der Waals surface area (Å²) >= 11 is 9.39. The monoisotopic (exact) mass is 557 g/mol. The summed E-state index contributed by atoms with van der Waals surface area (Å²) in [5.74, 6) is -0.762. The highest BCUT2D eigenvalue weighted by Gasteiger charge is 2.31. The maximum atomic E-state index is 13.5. The predicted molar refractivity (Wildman–Crippen MR) is 136 cm³/mol. The normalized spacial score (nSPS) is 12.2. The van der Waals surface area contributed by atoms with Crippen molar-refractivity contribution in [3.8, 4) is 0 Å². The molecule has 0 aliphatic heterocycles. The number of amides is 2. The zero-order chi connectivity index (χ0) is 24.8. The first kappa shape index (κ1) is 27.1. The van der Waals surface area contributed by atoms with Crippen LogP contribution in [0.25, 0.3) is 0 Å². The fraction of sp³-hybridized carbons (Fsp3) is 0.391. The average Bonchev–Trinajstić information content (AvgIpc) is 2.74. The highest BCUT2D eigenvalue weighted by molar-refractivity contribution is 9.10. The molecule has 1 N–H and O–H groups in total. The van der Waals surface area contributed by atoms with Crippen LogP contribution in [0.2, 0.25) is 5.02 Å². The lowest BCUT2D eigenvalue weighted by Gasteiger charge is -2.33. The zero-order valence-electron chi connectivity index (χ0n) is 19.1. The van der Waals surface area contributed by atoms with Gasteiger partial charge in [-0.2, -0.15) is 0 Å². The number of benzene rings is 2. The first-order chi connectivity index (χ1) is 15.5. The van der Waals surface area contributed by atoms with E-state index in [9.17, 15) is 18.0 Å². The van der Waals surface area contributed by atoms with Gasteiger partial charge < -0.3 is 10.2 Å². The summed E-state index contributed by atoms with van der Waals surface area (Å²) in [7, 11) is -3.76. The number of sulfonamides is 1. The van der Waals surface area contributed by atoms with Crippen LogP contribution < -0.4 is 9.62 Å². The van der Waals surface area contributed by atoms with Gasteiger partial charge in [-0.25, -0.2) is 8.42 Å². The van der Waals surface area contributed by atoms with Crippen LogP contribution in [0.1, 0.15) is 31.4 Å². The van der Waals surface area contributed by atoms with Gasteiger partial charge in [0.1, 0.15) is 12.6 Å². The molecule has 0 spiro atoms. The van der Waals surface area contributed by atoms with Crippen molar-refractivity contribution in [1.82, 2.24) is 10.2 Å². The quantitative estimate of drug-likeness (QED) is 0.475. The molecule has 2 aromatic carbocycles. The Hall–Kier alpha value is -2.10. The third-order valence-corrected chi connectivity index (χ3v) is 7.39. The molecular formula is C23H29BrClN3O4S. The summed E-state index contributed by atoms with van der Waals surface area (Å²) in [6, 6.07) is 11.3. The second-order valence-corrected chi connectivity index (χ2v) is 10.9. The van der Waals surface area contributed by atoms with E-state index in [0.29, 0.717) is 23.7 Å². The molecule has 0 unspecified atom stereocenters. The SMILES string of the molecule is CCNC(=O)[C@@H](CC)N(Cc1ccc(Cl)cc1)C(=O)CN(c1ccc(Br)c(C)c1)S(C)(=O)=O. The second-order valence-electron chi connectivity index (χ2n) is 7.67. The zero-order valence-corrected chi connectivity index (χ0v) is 22.3. The van der Waals surface area contributed by atoms with Crippen molar-refractivity contribution in [1.29, 1.82) is 0 Å². The fourth-order valence-corrected chi connectivity index (χ4v) is 4.61. The number of carbonyl (C=O) groups excluding carboxylic acids is 2. The molecule has 0 bridgehead atoms. The Kier molecular flexibility index (Phi) is 9.75. The average molecular weight is 559 g/mol. The molecule has 2 amide bonds. The number of hydrogen-bond donors (Lipinski definition) is 1. The predicted octanol–water partition coefficient (Wildman–Crippen LogP) is 4.12. The number of halogens is 2. The Morgan fingerprint density at radius 3 is 2.27 bits per heavy atom. The van der Waals surface area contributed by atoms with Crippen LogP contribution in [-0.2, 0) is 26.2 Å². The van der Waals surface area contributed by atoms with E-state index in [1.54, 1.807) is 49.4 Å². The Morgan fingerprint density at radius 1 is 1.12 bits per heavy atom. The summed E-state index contributed by atoms with van der Waals surface area (Å²) in [5, 5.41) is 3.32. The van der Waals surface area contributed by atoms with Crippen molar-refractivity contribution >= 4 is 55.1 Å². The maximum absolute atomic E-state index is 13.5. The second kappa shape index (κ2) is 11.9. The van der Waals surface area contributed by atoms with Crippen molar-refractivity contribution < 1.29 is 18.0 Å². The van der Waals surface area contributed by atoms with E-state index in [1.807, 2.05) is 13.8 Å². The molecule has 1 atom stereocenters. The lowest BCUT2D eigenvalue weighted by atomic mass is 10.1. The topological polar surface area (TPSA) is 86.8 Å². The van der Waals surface area contributed by atoms with E-state index < -0.39 is 28.5 Å². The van der Waals surface area contributed by atoms with Crippen molar-refractivity contribution in [2.45, 2.75) is 39.8 Å². The van der Waals surface area contributed by atoms with E-state index >= 15 is 0 Å². The minimum absolute atomic E-state index is 0.141. The number of hydrogen-bond acceptors (Lipinski definition) is 4. The van der Waals surface area contributed by atoms with Gasteiger partial charge in [-0.05, 0) is 61.7 Å². The summed E-state index contributed by atoms with van der Waals surface area (Å²) in [6.07, 6.45) is 1.43. The number of likely N-dealkylation sites (N-methyl/N-ethyl adjacent to an activating group) is 1. The largest absolute Gasteiger partial charge is 0.355 e. The number of nitrogens with one attached hydrogen (secondary N) is 1. The van der Waals surface area contributed by atoms with Gasteiger partial charge in [-0.1, -0.05) is 46.6 Å². The molecule has 10 heteroatoms. The molecule has 0 saturated heterocycles. The van der Waals surface area contributed by atoms with Gasteiger partial charge in [-0.15, -0.1) is 0 Å². The number of anilines is 1. The molecule has 0 saturated carbocycles. The summed E-state index contributed by atoms with van der Waals surface area (Å²) in [6.45, 7) is 5.59. The van der Waals surface area contributed by atoms with Crippen LogP contribution in [0.15, 0.2) is 46.9 Å². The molecule has 0 radical (unpaired) electrons. The first-order valence-corrected chi connectivity index (χ1v) is 13.5. The van der Waals surface area contributed by atoms with Gasteiger partial charge in [0, 0.05) is 22.6 Å². The lowest BCUT2D eigenvalue weighted by molar-refractivity contribution is -0.140. The van der Waals surface area contributed by atoms with E-state index in [1.165, 1.54) is 4.90 Å². The van der Waals surface area contributed by atoms with Gasteiger partial charge in [0.25, 0.3) is 0 Å². The molecule has 180 valence electrons. The highest BCUT2D eigenvalue weighted by Crippen LogP contribution is 2.25. The van der Waals surface area contributed by atoms with Gasteiger partial charge in [0.15, 0.2) is 0 Å². The molecular weight excluding hydrogens is 530 g/mol. The van der Waals surface area contributed by atoms with Crippen LogP contribution in [0, 0.1) is 6.92 Å². The number of aryl methyl sites for hydroxylation is 1. The van der Waals surface area contributed by atoms with Gasteiger partial charge in [-0.3, -0.25) is 13.9 Å². The minimum Gasteiger partial charge on any atom is -0.355 e. The molecule has 2 rings (SSSR count). The van der Waals surface area contributed by atoms with Crippen molar-refractivity contribution in [3.63, 3.8) is 0 Å². The molecule has 0 aromatic heterocycles. The first-order valence-electron chi connectivity index (χ1n) is 10.5. The number of rotatable bonds is 10. The fourth-order valence-electron chi connectivity index (χ4n) is 3.40. The molecule has 33 heavy (non-hydrogen) atoms. The van der Waals surface area contributed by atoms with Crippen molar-refractivity contribution in [2.24, 2.45) is 0 Å². The van der Waals surface area contributed by atoms with Gasteiger partial charge in [0.2, 0.25) is 21.8 Å². The van der Waals surface area contributed by atoms with Crippen molar-refractivity contribution in [2.75, 3.05) is 23.7 Å². The Balaban J connectivity index is 2.44. The highest BCUT2D eigenvalue weighted by atomic mass is 79.9. The number of nitrogens with zero attached hydrogens (tertiary/aromatic N) is 2. The summed E-state index contributed by atoms with van der Waals surface area (Å²) in [5.41, 5.74) is 1.99. The minimum atomic E-state index is -3.76. The van der Waals surface area contributed by atoms with Crippen LogP contribution in [0.4, 0.5) is 5.69 Å². The smallest absolute Gasteiger partial charge is 0.244 e. The van der Waals surface area contributed by atoms with Crippen LogP contribution >= 0.6 is 27.5 Å². The molecule has 0 fully saturated rings. The molecule has 0 aliphatic carbocycles. The Labute approximate surface area is 209 Å². The third kappa shape index (κ3) is 7.45. The van der Waals surface area contributed by atoms with Gasteiger partial charge >= 0.3 is 0 Å². The van der Waals surface area contributed by atoms with E-state index in [2.05, 4.69) is 21.2 Å². The van der Waals surface area contributed by atoms with Crippen LogP contribution in [0.5, 0.6) is 0 Å². The molecule has 7 nitrogen and oxygen atoms in total. The molecule has 0 aliphatic rings. The van der Waals surface area contributed by atoms with Crippen LogP contribution in [0.3, 0.4) is 0 Å². The van der Waals surface area contributed by atoms with Gasteiger partial charge in [0.05, 0.1) is 11.9 Å². The Morgan fingerprint density at radius 2 is 1.76 bits per heavy atom. The van der Waals surface area contributed by atoms with E-state index in [4.69, 9.17) is 11.6 Å².